The Bertz CT molecular complexity index is 652. The van der Waals surface area contributed by atoms with Crippen LogP contribution in [0.25, 0.3) is 10.8 Å². The summed E-state index contributed by atoms with van der Waals surface area (Å²) in [6, 6.07) is 8.60. The summed E-state index contributed by atoms with van der Waals surface area (Å²) in [5.41, 5.74) is 0.176. The van der Waals surface area contributed by atoms with Crippen LogP contribution in [0.2, 0.25) is 0 Å². The van der Waals surface area contributed by atoms with Gasteiger partial charge in [-0.2, -0.15) is 0 Å². The Morgan fingerprint density at radius 1 is 1.28 bits per heavy atom. The van der Waals surface area contributed by atoms with Crippen molar-refractivity contribution < 1.29 is 15.0 Å². The molecule has 4 nitrogen and oxygen atoms in total. The Kier molecular flexibility index (Phi) is 3.34. The van der Waals surface area contributed by atoms with Crippen molar-refractivity contribution >= 4 is 38.4 Å². The Morgan fingerprint density at radius 3 is 2.67 bits per heavy atom. The summed E-state index contributed by atoms with van der Waals surface area (Å²) in [4.78, 5) is 10.7. The molecular formula is C13H10BrNO3. The smallest absolute Gasteiger partial charge is 0.309 e. The highest BCUT2D eigenvalue weighted by molar-refractivity contribution is 9.10. The van der Waals surface area contributed by atoms with Crippen LogP contribution in [0.15, 0.2) is 34.8 Å². The average molecular weight is 308 g/mol. The van der Waals surface area contributed by atoms with Crippen LogP contribution in [0.1, 0.15) is 12.0 Å². The number of hydrogen-bond acceptors (Lipinski definition) is 3. The van der Waals surface area contributed by atoms with Crippen molar-refractivity contribution in [3.63, 3.8) is 0 Å². The first-order valence-corrected chi connectivity index (χ1v) is 5.99. The van der Waals surface area contributed by atoms with Gasteiger partial charge in [-0.05, 0) is 29.0 Å². The number of benzene rings is 2. The number of aliphatic carboxylic acids is 1. The van der Waals surface area contributed by atoms with Gasteiger partial charge < -0.3 is 15.6 Å². The van der Waals surface area contributed by atoms with Crippen molar-refractivity contribution in [1.82, 2.24) is 0 Å². The Balaban J connectivity index is 2.64. The molecule has 0 bridgehead atoms. The molecule has 0 fully saturated rings. The van der Waals surface area contributed by atoms with E-state index in [0.717, 1.165) is 9.86 Å². The van der Waals surface area contributed by atoms with Gasteiger partial charge in [0.05, 0.1) is 12.1 Å². The van der Waals surface area contributed by atoms with Crippen LogP contribution in [0, 0.1) is 5.41 Å². The second kappa shape index (κ2) is 4.78. The molecule has 0 saturated heterocycles. The predicted octanol–water partition coefficient (Wildman–Crippen LogP) is 3.15. The van der Waals surface area contributed by atoms with E-state index in [2.05, 4.69) is 15.9 Å². The summed E-state index contributed by atoms with van der Waals surface area (Å²) in [6.07, 6.45) is -0.414. The molecule has 0 aromatic heterocycles. The quantitative estimate of drug-likeness (QED) is 0.762. The molecule has 92 valence electrons. The summed E-state index contributed by atoms with van der Waals surface area (Å²) < 4.78 is 0.886. The lowest BCUT2D eigenvalue weighted by Gasteiger charge is -2.09. The van der Waals surface area contributed by atoms with Crippen LogP contribution >= 0.6 is 15.9 Å². The topological polar surface area (TPSA) is 81.4 Å². The molecule has 2 aromatic rings. The lowest BCUT2D eigenvalue weighted by molar-refractivity contribution is -0.135. The first-order valence-electron chi connectivity index (χ1n) is 5.20. The molecule has 0 aliphatic carbocycles. The molecule has 5 heteroatoms. The summed E-state index contributed by atoms with van der Waals surface area (Å²) in [6.45, 7) is 0. The fraction of sp³-hybridized carbons (Fsp3) is 0.0769. The normalized spacial score (nSPS) is 10.5. The number of aromatic hydroxyl groups is 1. The number of hydrogen-bond donors (Lipinski definition) is 3. The Morgan fingerprint density at radius 2 is 2.00 bits per heavy atom. The first-order chi connectivity index (χ1) is 8.49. The van der Waals surface area contributed by atoms with E-state index in [1.807, 2.05) is 6.07 Å². The molecule has 0 saturated carbocycles. The highest BCUT2D eigenvalue weighted by Crippen LogP contribution is 2.30. The first kappa shape index (κ1) is 12.6. The van der Waals surface area contributed by atoms with E-state index in [4.69, 9.17) is 10.5 Å². The second-order valence-corrected chi connectivity index (χ2v) is 4.79. The van der Waals surface area contributed by atoms with Crippen molar-refractivity contribution in [2.75, 3.05) is 0 Å². The van der Waals surface area contributed by atoms with E-state index in [1.165, 1.54) is 6.07 Å². The van der Waals surface area contributed by atoms with Gasteiger partial charge in [0, 0.05) is 10.0 Å². The third kappa shape index (κ3) is 2.36. The minimum absolute atomic E-state index is 0.0731. The number of carboxylic acids is 1. The maximum atomic E-state index is 10.7. The second-order valence-electron chi connectivity index (χ2n) is 3.87. The monoisotopic (exact) mass is 307 g/mol. The maximum Gasteiger partial charge on any atom is 0.309 e. The number of nitrogens with one attached hydrogen (secondary N) is 1. The van der Waals surface area contributed by atoms with Gasteiger partial charge in [0.25, 0.3) is 0 Å². The van der Waals surface area contributed by atoms with Gasteiger partial charge in [-0.1, -0.05) is 28.1 Å². The summed E-state index contributed by atoms with van der Waals surface area (Å²) in [7, 11) is 0. The van der Waals surface area contributed by atoms with Crippen LogP contribution < -0.4 is 0 Å². The van der Waals surface area contributed by atoms with Crippen LogP contribution in [-0.4, -0.2) is 21.9 Å². The van der Waals surface area contributed by atoms with Gasteiger partial charge in [0.2, 0.25) is 0 Å². The van der Waals surface area contributed by atoms with Gasteiger partial charge in [-0.15, -0.1) is 0 Å². The number of phenolic OH excluding ortho intramolecular Hbond substituents is 1. The van der Waals surface area contributed by atoms with Crippen molar-refractivity contribution in [2.24, 2.45) is 0 Å². The molecule has 0 aliphatic heterocycles. The van der Waals surface area contributed by atoms with Gasteiger partial charge in [0.15, 0.2) is 0 Å². The number of rotatable bonds is 3. The summed E-state index contributed by atoms with van der Waals surface area (Å²) in [5, 5.41) is 27.8. The highest BCUT2D eigenvalue weighted by Gasteiger charge is 2.14. The minimum Gasteiger partial charge on any atom is -0.507 e. The van der Waals surface area contributed by atoms with Crippen molar-refractivity contribution in [2.45, 2.75) is 6.42 Å². The number of halogens is 1. The third-order valence-electron chi connectivity index (χ3n) is 2.59. The fourth-order valence-corrected chi connectivity index (χ4v) is 2.22. The zero-order valence-electron chi connectivity index (χ0n) is 9.27. The van der Waals surface area contributed by atoms with Crippen LogP contribution in [0.5, 0.6) is 5.75 Å². The number of carboxylic acid groups (broad SMARTS) is 1. The zero-order valence-corrected chi connectivity index (χ0v) is 10.9. The molecular weight excluding hydrogens is 298 g/mol. The standard InChI is InChI=1S/C13H10BrNO3/c14-8-2-3-9-7(5-8)1-4-11(16)13(9)10(15)6-12(17)18/h1-5,15-16H,6H2,(H,17,18). The molecule has 0 spiro atoms. The van der Waals surface area contributed by atoms with E-state index in [-0.39, 0.29) is 17.0 Å². The van der Waals surface area contributed by atoms with Crippen LogP contribution in [-0.2, 0) is 4.79 Å². The third-order valence-corrected chi connectivity index (χ3v) is 3.08. The van der Waals surface area contributed by atoms with Gasteiger partial charge >= 0.3 is 5.97 Å². The Labute approximate surface area is 112 Å². The molecule has 0 aliphatic rings. The van der Waals surface area contributed by atoms with E-state index >= 15 is 0 Å². The molecule has 18 heavy (non-hydrogen) atoms. The van der Waals surface area contributed by atoms with E-state index < -0.39 is 12.4 Å². The molecule has 2 rings (SSSR count). The highest BCUT2D eigenvalue weighted by atomic mass is 79.9. The summed E-state index contributed by atoms with van der Waals surface area (Å²) in [5.74, 6) is -1.16. The van der Waals surface area contributed by atoms with Crippen LogP contribution in [0.3, 0.4) is 0 Å². The zero-order chi connectivity index (χ0) is 13.3. The van der Waals surface area contributed by atoms with E-state index in [9.17, 15) is 9.90 Å². The van der Waals surface area contributed by atoms with Crippen molar-refractivity contribution in [3.8, 4) is 5.75 Å². The number of fused-ring (bicyclic) bond motifs is 1. The van der Waals surface area contributed by atoms with Crippen LogP contribution in [0.4, 0.5) is 0 Å². The van der Waals surface area contributed by atoms with Crippen molar-refractivity contribution in [3.05, 3.63) is 40.4 Å². The molecule has 0 amide bonds. The lowest BCUT2D eigenvalue weighted by atomic mass is 9.98. The predicted molar refractivity (Wildman–Crippen MR) is 72.4 cm³/mol. The van der Waals surface area contributed by atoms with E-state index in [1.54, 1.807) is 18.2 Å². The molecule has 2 aromatic carbocycles. The Hall–Kier alpha value is -1.88. The SMILES string of the molecule is N=C(CC(=O)O)c1c(O)ccc2cc(Br)ccc12. The number of carbonyl (C=O) groups is 1. The van der Waals surface area contributed by atoms with Gasteiger partial charge in [-0.25, -0.2) is 0 Å². The molecule has 0 atom stereocenters. The maximum absolute atomic E-state index is 10.7. The molecule has 0 radical (unpaired) electrons. The van der Waals surface area contributed by atoms with Gasteiger partial charge in [0.1, 0.15) is 5.75 Å². The van der Waals surface area contributed by atoms with Gasteiger partial charge in [-0.3, -0.25) is 4.79 Å². The largest absolute Gasteiger partial charge is 0.507 e. The van der Waals surface area contributed by atoms with Crippen molar-refractivity contribution in [1.29, 1.82) is 5.41 Å². The fourth-order valence-electron chi connectivity index (χ4n) is 1.85. The molecule has 0 unspecified atom stereocenters. The minimum atomic E-state index is -1.09. The van der Waals surface area contributed by atoms with E-state index in [0.29, 0.717) is 5.39 Å². The summed E-state index contributed by atoms with van der Waals surface area (Å²) >= 11 is 3.34. The average Bonchev–Trinajstić information content (AvgIpc) is 2.28. The molecule has 3 N–H and O–H groups in total. The number of phenols is 1. The lowest BCUT2D eigenvalue weighted by Crippen LogP contribution is -2.07. The molecule has 0 heterocycles.